The molecule has 6 heteroatoms. The number of hydrogen-bond acceptors (Lipinski definition) is 6. The highest BCUT2D eigenvalue weighted by atomic mass is 32.1. The average Bonchev–Trinajstić information content (AvgIpc) is 2.83. The summed E-state index contributed by atoms with van der Waals surface area (Å²) >= 11 is 1.30. The van der Waals surface area contributed by atoms with E-state index in [1.165, 1.54) is 18.4 Å². The fraction of sp³-hybridized carbons (Fsp3) is 0.600. The molecule has 1 saturated heterocycles. The van der Waals surface area contributed by atoms with Crippen molar-refractivity contribution in [2.24, 2.45) is 0 Å². The van der Waals surface area contributed by atoms with E-state index in [2.05, 4.69) is 9.72 Å². The van der Waals surface area contributed by atoms with Crippen molar-refractivity contribution in [1.29, 1.82) is 0 Å². The van der Waals surface area contributed by atoms with Gasteiger partial charge in [0, 0.05) is 0 Å². The average molecular weight is 242 g/mol. The van der Waals surface area contributed by atoms with Gasteiger partial charge in [0.15, 0.2) is 10.8 Å². The maximum atomic E-state index is 11.5. The molecule has 1 aromatic heterocycles. The van der Waals surface area contributed by atoms with Gasteiger partial charge >= 0.3 is 5.97 Å². The number of ether oxygens (including phenoxy) is 2. The van der Waals surface area contributed by atoms with Crippen LogP contribution in [-0.2, 0) is 9.47 Å². The smallest absolute Gasteiger partial charge is 0.358 e. The van der Waals surface area contributed by atoms with Crippen molar-refractivity contribution in [2.75, 3.05) is 12.8 Å². The molecule has 1 fully saturated rings. The molecular formula is C10H14N2O3S. The first-order chi connectivity index (χ1) is 7.61. The lowest BCUT2D eigenvalue weighted by molar-refractivity contribution is 0.0509. The van der Waals surface area contributed by atoms with Gasteiger partial charge in [-0.1, -0.05) is 11.3 Å². The van der Waals surface area contributed by atoms with Crippen LogP contribution < -0.4 is 5.73 Å². The number of carbonyl (C=O) groups is 1. The van der Waals surface area contributed by atoms with E-state index < -0.39 is 5.97 Å². The minimum absolute atomic E-state index is 0.0705. The highest BCUT2D eigenvalue weighted by Gasteiger charge is 2.30. The van der Waals surface area contributed by atoms with Crippen LogP contribution >= 0.6 is 11.3 Å². The van der Waals surface area contributed by atoms with Gasteiger partial charge in [0.25, 0.3) is 0 Å². The molecule has 88 valence electrons. The van der Waals surface area contributed by atoms with Crippen LogP contribution in [0.2, 0.25) is 0 Å². The minimum atomic E-state index is -0.453. The SMILES string of the molecule is COC(=O)c1nc(N)sc1C1CCC(C)O1. The zero-order valence-corrected chi connectivity index (χ0v) is 10.0. The largest absolute Gasteiger partial charge is 0.464 e. The van der Waals surface area contributed by atoms with Crippen LogP contribution in [0.4, 0.5) is 5.13 Å². The zero-order valence-electron chi connectivity index (χ0n) is 9.23. The second-order valence-corrected chi connectivity index (χ2v) is 4.83. The summed E-state index contributed by atoms with van der Waals surface area (Å²) in [5.74, 6) is -0.453. The molecule has 2 atom stereocenters. The van der Waals surface area contributed by atoms with E-state index in [0.29, 0.717) is 10.8 Å². The number of carbonyl (C=O) groups excluding carboxylic acids is 1. The number of anilines is 1. The Labute approximate surface area is 97.6 Å². The number of hydrogen-bond donors (Lipinski definition) is 1. The van der Waals surface area contributed by atoms with Crippen LogP contribution in [0.25, 0.3) is 0 Å². The summed E-state index contributed by atoms with van der Waals surface area (Å²) in [6, 6.07) is 0. The number of nitrogen functional groups attached to an aromatic ring is 1. The number of aromatic nitrogens is 1. The summed E-state index contributed by atoms with van der Waals surface area (Å²) in [5, 5.41) is 0.374. The molecule has 0 spiro atoms. The summed E-state index contributed by atoms with van der Waals surface area (Å²) in [4.78, 5) is 16.3. The summed E-state index contributed by atoms with van der Waals surface area (Å²) in [6.07, 6.45) is 2.04. The van der Waals surface area contributed by atoms with Gasteiger partial charge in [-0.3, -0.25) is 0 Å². The Bertz CT molecular complexity index is 405. The molecule has 1 aliphatic rings. The number of nitrogens with zero attached hydrogens (tertiary/aromatic N) is 1. The van der Waals surface area contributed by atoms with Gasteiger partial charge in [-0.05, 0) is 19.8 Å². The predicted octanol–water partition coefficient (Wildman–Crippen LogP) is 1.75. The van der Waals surface area contributed by atoms with E-state index in [1.807, 2.05) is 6.92 Å². The third kappa shape index (κ3) is 2.03. The maximum Gasteiger partial charge on any atom is 0.358 e. The summed E-state index contributed by atoms with van der Waals surface area (Å²) in [5.41, 5.74) is 5.91. The van der Waals surface area contributed by atoms with Crippen LogP contribution in [0.1, 0.15) is 41.2 Å². The van der Waals surface area contributed by atoms with Gasteiger partial charge in [-0.15, -0.1) is 0 Å². The molecule has 2 rings (SSSR count). The van der Waals surface area contributed by atoms with E-state index in [0.717, 1.165) is 17.7 Å². The first kappa shape index (κ1) is 11.3. The maximum absolute atomic E-state index is 11.5. The molecule has 1 aliphatic heterocycles. The van der Waals surface area contributed by atoms with E-state index >= 15 is 0 Å². The van der Waals surface area contributed by atoms with Gasteiger partial charge in [0.2, 0.25) is 0 Å². The molecule has 0 radical (unpaired) electrons. The molecule has 0 amide bonds. The number of methoxy groups -OCH3 is 1. The van der Waals surface area contributed by atoms with E-state index in [9.17, 15) is 4.79 Å². The highest BCUT2D eigenvalue weighted by Crippen LogP contribution is 2.38. The Kier molecular flexibility index (Phi) is 3.11. The van der Waals surface area contributed by atoms with Crippen LogP contribution in [0.15, 0.2) is 0 Å². The second-order valence-electron chi connectivity index (χ2n) is 3.77. The van der Waals surface area contributed by atoms with Gasteiger partial charge in [-0.2, -0.15) is 0 Å². The Balaban J connectivity index is 2.29. The van der Waals surface area contributed by atoms with Crippen molar-refractivity contribution in [3.63, 3.8) is 0 Å². The number of thiazole rings is 1. The zero-order chi connectivity index (χ0) is 11.7. The topological polar surface area (TPSA) is 74.4 Å². The first-order valence-electron chi connectivity index (χ1n) is 5.11. The van der Waals surface area contributed by atoms with E-state index in [1.54, 1.807) is 0 Å². The van der Waals surface area contributed by atoms with E-state index in [-0.39, 0.29) is 12.2 Å². The third-order valence-corrected chi connectivity index (χ3v) is 3.55. The Hall–Kier alpha value is -1.14. The van der Waals surface area contributed by atoms with E-state index in [4.69, 9.17) is 10.5 Å². The molecule has 0 bridgehead atoms. The minimum Gasteiger partial charge on any atom is -0.464 e. The lowest BCUT2D eigenvalue weighted by atomic mass is 10.1. The van der Waals surface area contributed by atoms with Crippen molar-refractivity contribution >= 4 is 22.4 Å². The molecular weight excluding hydrogens is 228 g/mol. The quantitative estimate of drug-likeness (QED) is 0.800. The van der Waals surface area contributed by atoms with Crippen molar-refractivity contribution in [2.45, 2.75) is 32.0 Å². The normalized spacial score (nSPS) is 24.6. The fourth-order valence-corrected chi connectivity index (χ4v) is 2.70. The predicted molar refractivity (Wildman–Crippen MR) is 60.4 cm³/mol. The number of nitrogens with two attached hydrogens (primary N) is 1. The van der Waals surface area contributed by atoms with Crippen molar-refractivity contribution in [3.8, 4) is 0 Å². The lowest BCUT2D eigenvalue weighted by Gasteiger charge is -2.09. The van der Waals surface area contributed by atoms with Crippen LogP contribution in [0, 0.1) is 0 Å². The molecule has 0 aliphatic carbocycles. The monoisotopic (exact) mass is 242 g/mol. The summed E-state index contributed by atoms with van der Waals surface area (Å²) in [6.45, 7) is 2.02. The van der Waals surface area contributed by atoms with Crippen molar-refractivity contribution in [3.05, 3.63) is 10.6 Å². The molecule has 2 unspecified atom stereocenters. The van der Waals surface area contributed by atoms with Crippen molar-refractivity contribution in [1.82, 2.24) is 4.98 Å². The third-order valence-electron chi connectivity index (χ3n) is 2.57. The summed E-state index contributed by atoms with van der Waals surface area (Å²) < 4.78 is 10.4. The first-order valence-corrected chi connectivity index (χ1v) is 5.93. The van der Waals surface area contributed by atoms with Crippen LogP contribution in [0.3, 0.4) is 0 Å². The molecule has 16 heavy (non-hydrogen) atoms. The van der Waals surface area contributed by atoms with Gasteiger partial charge in [0.05, 0.1) is 24.2 Å². The Morgan fingerprint density at radius 1 is 1.62 bits per heavy atom. The second kappa shape index (κ2) is 4.39. The Morgan fingerprint density at radius 2 is 2.38 bits per heavy atom. The van der Waals surface area contributed by atoms with Crippen molar-refractivity contribution < 1.29 is 14.3 Å². The molecule has 5 nitrogen and oxygen atoms in total. The molecule has 0 aromatic carbocycles. The molecule has 0 saturated carbocycles. The lowest BCUT2D eigenvalue weighted by Crippen LogP contribution is -2.08. The molecule has 2 heterocycles. The van der Waals surface area contributed by atoms with Gasteiger partial charge < -0.3 is 15.2 Å². The summed E-state index contributed by atoms with van der Waals surface area (Å²) in [7, 11) is 1.33. The van der Waals surface area contributed by atoms with Gasteiger partial charge in [-0.25, -0.2) is 9.78 Å². The fourth-order valence-electron chi connectivity index (χ4n) is 1.81. The number of rotatable bonds is 2. The van der Waals surface area contributed by atoms with Crippen LogP contribution in [-0.4, -0.2) is 24.2 Å². The molecule has 2 N–H and O–H groups in total. The number of esters is 1. The van der Waals surface area contributed by atoms with Crippen LogP contribution in [0.5, 0.6) is 0 Å². The molecule has 1 aromatic rings. The standard InChI is InChI=1S/C10H14N2O3S/c1-5-3-4-6(15-5)8-7(9(13)14-2)12-10(11)16-8/h5-6H,3-4H2,1-2H3,(H2,11,12). The van der Waals surface area contributed by atoms with Gasteiger partial charge in [0.1, 0.15) is 0 Å². The Morgan fingerprint density at radius 3 is 2.94 bits per heavy atom. The highest BCUT2D eigenvalue weighted by molar-refractivity contribution is 7.15.